The summed E-state index contributed by atoms with van der Waals surface area (Å²) in [6, 6.07) is 16.1. The minimum atomic E-state index is 0.00123. The first-order valence-corrected chi connectivity index (χ1v) is 8.95. The molecule has 128 valence electrons. The quantitative estimate of drug-likeness (QED) is 0.936. The van der Waals surface area contributed by atoms with Gasteiger partial charge < -0.3 is 10.2 Å². The molecule has 4 nitrogen and oxygen atoms in total. The normalized spacial score (nSPS) is 17.3. The summed E-state index contributed by atoms with van der Waals surface area (Å²) >= 11 is 0. The maximum absolute atomic E-state index is 12.8. The highest BCUT2D eigenvalue weighted by Crippen LogP contribution is 2.26. The number of likely N-dealkylation sites (tertiary alicyclic amines) is 1. The van der Waals surface area contributed by atoms with Crippen molar-refractivity contribution in [2.24, 2.45) is 5.92 Å². The topological polar surface area (TPSA) is 49.4 Å². The molecule has 2 aliphatic heterocycles. The van der Waals surface area contributed by atoms with Crippen molar-refractivity contribution in [1.82, 2.24) is 4.90 Å². The number of anilines is 1. The highest BCUT2D eigenvalue weighted by atomic mass is 16.2. The van der Waals surface area contributed by atoms with E-state index >= 15 is 0 Å². The van der Waals surface area contributed by atoms with Gasteiger partial charge in [-0.3, -0.25) is 9.59 Å². The van der Waals surface area contributed by atoms with Gasteiger partial charge in [-0.05, 0) is 54.5 Å². The number of benzene rings is 2. The molecular formula is C21H22N2O2. The minimum absolute atomic E-state index is 0.00123. The van der Waals surface area contributed by atoms with Gasteiger partial charge >= 0.3 is 0 Å². The highest BCUT2D eigenvalue weighted by Gasteiger charge is 2.25. The van der Waals surface area contributed by atoms with Gasteiger partial charge in [-0.1, -0.05) is 30.3 Å². The number of carbonyl (C=O) groups excluding carboxylic acids is 2. The molecule has 2 aromatic rings. The molecule has 2 heterocycles. The molecule has 0 spiro atoms. The fraction of sp³-hybridized carbons (Fsp3) is 0.333. The number of nitrogens with zero attached hydrogens (tertiary/aromatic N) is 1. The van der Waals surface area contributed by atoms with E-state index in [0.717, 1.165) is 43.6 Å². The maximum atomic E-state index is 12.8. The SMILES string of the molecule is O=C1Cc2cc(C(=O)N3CCC(Cc4ccccc4)CC3)ccc2N1. The van der Waals surface area contributed by atoms with Gasteiger partial charge in [0.05, 0.1) is 6.42 Å². The van der Waals surface area contributed by atoms with Crippen LogP contribution in [0.4, 0.5) is 5.69 Å². The summed E-state index contributed by atoms with van der Waals surface area (Å²) < 4.78 is 0. The Labute approximate surface area is 147 Å². The van der Waals surface area contributed by atoms with Crippen LogP contribution in [0.25, 0.3) is 0 Å². The van der Waals surface area contributed by atoms with Gasteiger partial charge in [-0.2, -0.15) is 0 Å². The number of rotatable bonds is 3. The summed E-state index contributed by atoms with van der Waals surface area (Å²) in [5, 5.41) is 2.81. The van der Waals surface area contributed by atoms with Crippen LogP contribution < -0.4 is 5.32 Å². The number of hydrogen-bond donors (Lipinski definition) is 1. The van der Waals surface area contributed by atoms with Crippen molar-refractivity contribution in [3.63, 3.8) is 0 Å². The van der Waals surface area contributed by atoms with Gasteiger partial charge in [0.1, 0.15) is 0 Å². The molecule has 4 rings (SSSR count). The first-order chi connectivity index (χ1) is 12.2. The third-order valence-electron chi connectivity index (χ3n) is 5.25. The lowest BCUT2D eigenvalue weighted by molar-refractivity contribution is -0.115. The molecule has 1 fully saturated rings. The number of hydrogen-bond acceptors (Lipinski definition) is 2. The second-order valence-electron chi connectivity index (χ2n) is 7.02. The summed E-state index contributed by atoms with van der Waals surface area (Å²) in [4.78, 5) is 26.2. The molecule has 0 unspecified atom stereocenters. The molecule has 0 aliphatic carbocycles. The minimum Gasteiger partial charge on any atom is -0.339 e. The zero-order valence-electron chi connectivity index (χ0n) is 14.2. The van der Waals surface area contributed by atoms with Gasteiger partial charge in [-0.15, -0.1) is 0 Å². The number of fused-ring (bicyclic) bond motifs is 1. The van der Waals surface area contributed by atoms with Gasteiger partial charge in [0, 0.05) is 24.3 Å². The van der Waals surface area contributed by atoms with Crippen LogP contribution in [-0.2, 0) is 17.6 Å². The lowest BCUT2D eigenvalue weighted by atomic mass is 9.90. The van der Waals surface area contributed by atoms with E-state index in [-0.39, 0.29) is 11.8 Å². The number of piperidine rings is 1. The predicted octanol–water partition coefficient (Wildman–Crippen LogP) is 3.28. The lowest BCUT2D eigenvalue weighted by Gasteiger charge is -2.32. The average molecular weight is 334 g/mol. The van der Waals surface area contributed by atoms with E-state index in [1.807, 2.05) is 29.2 Å². The first kappa shape index (κ1) is 15.9. The van der Waals surface area contributed by atoms with Gasteiger partial charge in [0.2, 0.25) is 5.91 Å². The average Bonchev–Trinajstić information content (AvgIpc) is 3.02. The van der Waals surface area contributed by atoms with Crippen molar-refractivity contribution in [3.05, 3.63) is 65.2 Å². The van der Waals surface area contributed by atoms with Crippen molar-refractivity contribution < 1.29 is 9.59 Å². The molecule has 0 saturated carbocycles. The number of carbonyl (C=O) groups is 2. The fourth-order valence-electron chi connectivity index (χ4n) is 3.83. The van der Waals surface area contributed by atoms with Crippen molar-refractivity contribution >= 4 is 17.5 Å². The summed E-state index contributed by atoms with van der Waals surface area (Å²) in [7, 11) is 0. The lowest BCUT2D eigenvalue weighted by Crippen LogP contribution is -2.38. The molecular weight excluding hydrogens is 312 g/mol. The molecule has 0 bridgehead atoms. The molecule has 1 saturated heterocycles. The molecule has 2 aromatic carbocycles. The van der Waals surface area contributed by atoms with Crippen LogP contribution in [0.5, 0.6) is 0 Å². The Kier molecular flexibility index (Phi) is 4.26. The molecule has 2 amide bonds. The summed E-state index contributed by atoms with van der Waals surface area (Å²) in [6.45, 7) is 1.62. The van der Waals surface area contributed by atoms with Crippen LogP contribution in [-0.4, -0.2) is 29.8 Å². The summed E-state index contributed by atoms with van der Waals surface area (Å²) in [6.07, 6.45) is 3.56. The van der Waals surface area contributed by atoms with Crippen LogP contribution in [0.1, 0.15) is 34.3 Å². The molecule has 2 aliphatic rings. The Balaban J connectivity index is 1.37. The molecule has 0 aromatic heterocycles. The third-order valence-corrected chi connectivity index (χ3v) is 5.25. The molecule has 0 radical (unpaired) electrons. The van der Waals surface area contributed by atoms with Crippen LogP contribution in [0, 0.1) is 5.92 Å². The Morgan fingerprint density at radius 2 is 1.84 bits per heavy atom. The molecule has 0 atom stereocenters. The van der Waals surface area contributed by atoms with Gasteiger partial charge in [-0.25, -0.2) is 0 Å². The van der Waals surface area contributed by atoms with Crippen molar-refractivity contribution in [1.29, 1.82) is 0 Å². The molecule has 25 heavy (non-hydrogen) atoms. The number of nitrogens with one attached hydrogen (secondary N) is 1. The summed E-state index contributed by atoms with van der Waals surface area (Å²) in [5.74, 6) is 0.731. The van der Waals surface area contributed by atoms with Crippen LogP contribution >= 0.6 is 0 Å². The first-order valence-electron chi connectivity index (χ1n) is 8.95. The van der Waals surface area contributed by atoms with Gasteiger partial charge in [0.25, 0.3) is 5.91 Å². The Morgan fingerprint density at radius 1 is 1.08 bits per heavy atom. The van der Waals surface area contributed by atoms with E-state index in [1.54, 1.807) is 0 Å². The standard InChI is InChI=1S/C21H22N2O2/c24-20-14-18-13-17(6-7-19(18)22-20)21(25)23-10-8-16(9-11-23)12-15-4-2-1-3-5-15/h1-7,13,16H,8-12,14H2,(H,22,24). The second kappa shape index (κ2) is 6.71. The Hall–Kier alpha value is -2.62. The van der Waals surface area contributed by atoms with Crippen LogP contribution in [0.15, 0.2) is 48.5 Å². The fourth-order valence-corrected chi connectivity index (χ4v) is 3.83. The van der Waals surface area contributed by atoms with Crippen LogP contribution in [0.3, 0.4) is 0 Å². The van der Waals surface area contributed by atoms with E-state index in [1.165, 1.54) is 5.56 Å². The zero-order valence-corrected chi connectivity index (χ0v) is 14.2. The van der Waals surface area contributed by atoms with Crippen LogP contribution in [0.2, 0.25) is 0 Å². The zero-order chi connectivity index (χ0) is 17.2. The monoisotopic (exact) mass is 334 g/mol. The van der Waals surface area contributed by atoms with E-state index < -0.39 is 0 Å². The maximum Gasteiger partial charge on any atom is 0.253 e. The highest BCUT2D eigenvalue weighted by molar-refractivity contribution is 6.01. The Morgan fingerprint density at radius 3 is 2.60 bits per heavy atom. The predicted molar refractivity (Wildman–Crippen MR) is 97.5 cm³/mol. The van der Waals surface area contributed by atoms with Crippen molar-refractivity contribution in [3.8, 4) is 0 Å². The van der Waals surface area contributed by atoms with E-state index in [0.29, 0.717) is 17.9 Å². The summed E-state index contributed by atoms with van der Waals surface area (Å²) in [5.41, 5.74) is 3.83. The smallest absolute Gasteiger partial charge is 0.253 e. The second-order valence-corrected chi connectivity index (χ2v) is 7.02. The largest absolute Gasteiger partial charge is 0.339 e. The molecule has 1 N–H and O–H groups in total. The number of amides is 2. The third kappa shape index (κ3) is 3.43. The van der Waals surface area contributed by atoms with E-state index in [9.17, 15) is 9.59 Å². The molecule has 4 heteroatoms. The van der Waals surface area contributed by atoms with E-state index in [2.05, 4.69) is 29.6 Å². The van der Waals surface area contributed by atoms with Crippen molar-refractivity contribution in [2.75, 3.05) is 18.4 Å². The Bertz CT molecular complexity index is 793. The van der Waals surface area contributed by atoms with Crippen molar-refractivity contribution in [2.45, 2.75) is 25.7 Å². The van der Waals surface area contributed by atoms with E-state index in [4.69, 9.17) is 0 Å². The van der Waals surface area contributed by atoms with Gasteiger partial charge in [0.15, 0.2) is 0 Å².